The molecule has 3 heteroatoms. The number of aliphatic hydroxyl groups excluding tert-OH is 1. The van der Waals surface area contributed by atoms with Crippen LogP contribution < -0.4 is 0 Å². The lowest BCUT2D eigenvalue weighted by molar-refractivity contribution is -0.147. The van der Waals surface area contributed by atoms with E-state index in [9.17, 15) is 9.90 Å². The monoisotopic (exact) mass is 160 g/mol. The standard InChI is InChI=1S/C8H16O3/c1-4-5-8(11,6(2)9)7(3)10/h6,9,11H,4-5H2,1-3H3. The second-order valence-corrected chi connectivity index (χ2v) is 2.91. The van der Waals surface area contributed by atoms with Gasteiger partial charge >= 0.3 is 0 Å². The summed E-state index contributed by atoms with van der Waals surface area (Å²) in [5, 5.41) is 18.7. The minimum Gasteiger partial charge on any atom is -0.390 e. The van der Waals surface area contributed by atoms with Crippen molar-refractivity contribution in [2.75, 3.05) is 0 Å². The number of aliphatic hydroxyl groups is 2. The van der Waals surface area contributed by atoms with Gasteiger partial charge in [0, 0.05) is 0 Å². The second-order valence-electron chi connectivity index (χ2n) is 2.91. The Balaban J connectivity index is 4.38. The van der Waals surface area contributed by atoms with Crippen LogP contribution in [0, 0.1) is 0 Å². The van der Waals surface area contributed by atoms with Gasteiger partial charge < -0.3 is 10.2 Å². The molecule has 0 bridgehead atoms. The topological polar surface area (TPSA) is 57.5 Å². The highest BCUT2D eigenvalue weighted by Gasteiger charge is 2.36. The first-order chi connectivity index (χ1) is 4.95. The fraction of sp³-hybridized carbons (Fsp3) is 0.875. The maximum absolute atomic E-state index is 10.9. The highest BCUT2D eigenvalue weighted by molar-refractivity contribution is 5.85. The largest absolute Gasteiger partial charge is 0.390 e. The lowest BCUT2D eigenvalue weighted by Crippen LogP contribution is -2.46. The summed E-state index contributed by atoms with van der Waals surface area (Å²) >= 11 is 0. The van der Waals surface area contributed by atoms with Crippen molar-refractivity contribution in [3.05, 3.63) is 0 Å². The van der Waals surface area contributed by atoms with E-state index >= 15 is 0 Å². The smallest absolute Gasteiger partial charge is 0.163 e. The molecule has 11 heavy (non-hydrogen) atoms. The summed E-state index contributed by atoms with van der Waals surface area (Å²) in [7, 11) is 0. The summed E-state index contributed by atoms with van der Waals surface area (Å²) in [6.07, 6.45) is 0.0148. The first-order valence-corrected chi connectivity index (χ1v) is 3.86. The molecule has 0 rings (SSSR count). The number of hydrogen-bond acceptors (Lipinski definition) is 3. The molecule has 2 unspecified atom stereocenters. The van der Waals surface area contributed by atoms with Gasteiger partial charge in [0.05, 0.1) is 6.10 Å². The third-order valence-corrected chi connectivity index (χ3v) is 1.93. The van der Waals surface area contributed by atoms with E-state index < -0.39 is 11.7 Å². The van der Waals surface area contributed by atoms with E-state index in [-0.39, 0.29) is 5.78 Å². The van der Waals surface area contributed by atoms with Crippen molar-refractivity contribution in [1.82, 2.24) is 0 Å². The predicted molar refractivity (Wildman–Crippen MR) is 42.2 cm³/mol. The zero-order valence-electron chi connectivity index (χ0n) is 7.29. The Morgan fingerprint density at radius 1 is 1.64 bits per heavy atom. The van der Waals surface area contributed by atoms with Crippen LogP contribution in [-0.2, 0) is 4.79 Å². The van der Waals surface area contributed by atoms with Gasteiger partial charge in [-0.15, -0.1) is 0 Å². The van der Waals surface area contributed by atoms with Gasteiger partial charge in [-0.2, -0.15) is 0 Å². The average Bonchev–Trinajstić information content (AvgIpc) is 1.87. The summed E-state index contributed by atoms with van der Waals surface area (Å²) < 4.78 is 0. The van der Waals surface area contributed by atoms with Gasteiger partial charge in [0.25, 0.3) is 0 Å². The van der Waals surface area contributed by atoms with Crippen molar-refractivity contribution in [2.24, 2.45) is 0 Å². The number of carbonyl (C=O) groups excluding carboxylic acids is 1. The molecule has 0 saturated carbocycles. The molecule has 66 valence electrons. The zero-order chi connectivity index (χ0) is 9.07. The van der Waals surface area contributed by atoms with E-state index in [4.69, 9.17) is 5.11 Å². The van der Waals surface area contributed by atoms with Crippen molar-refractivity contribution >= 4 is 5.78 Å². The molecule has 0 radical (unpaired) electrons. The Bertz CT molecular complexity index is 142. The van der Waals surface area contributed by atoms with E-state index in [1.807, 2.05) is 6.92 Å². The van der Waals surface area contributed by atoms with Gasteiger partial charge in [-0.3, -0.25) is 4.79 Å². The Morgan fingerprint density at radius 3 is 2.18 bits per heavy atom. The molecule has 0 aliphatic heterocycles. The number of hydrogen-bond donors (Lipinski definition) is 2. The van der Waals surface area contributed by atoms with Crippen molar-refractivity contribution in [2.45, 2.75) is 45.3 Å². The van der Waals surface area contributed by atoms with Crippen LogP contribution in [-0.4, -0.2) is 27.7 Å². The minimum atomic E-state index is -1.53. The maximum atomic E-state index is 10.9. The summed E-state index contributed by atoms with van der Waals surface area (Å²) in [5.74, 6) is -0.366. The Morgan fingerprint density at radius 2 is 2.09 bits per heavy atom. The van der Waals surface area contributed by atoms with Crippen molar-refractivity contribution in [3.63, 3.8) is 0 Å². The predicted octanol–water partition coefficient (Wildman–Crippen LogP) is 0.487. The van der Waals surface area contributed by atoms with Crippen molar-refractivity contribution in [1.29, 1.82) is 0 Å². The molecule has 0 saturated heterocycles. The van der Waals surface area contributed by atoms with E-state index in [0.717, 1.165) is 0 Å². The first kappa shape index (κ1) is 10.6. The number of Topliss-reactive ketones (excluding diaryl/α,β-unsaturated/α-hetero) is 1. The van der Waals surface area contributed by atoms with Crippen LogP contribution in [0.3, 0.4) is 0 Å². The van der Waals surface area contributed by atoms with E-state index in [0.29, 0.717) is 12.8 Å². The number of ketones is 1. The molecule has 0 amide bonds. The van der Waals surface area contributed by atoms with Crippen molar-refractivity contribution < 1.29 is 15.0 Å². The van der Waals surface area contributed by atoms with Crippen LogP contribution in [0.15, 0.2) is 0 Å². The molecule has 0 spiro atoms. The minimum absolute atomic E-state index is 0.319. The van der Waals surface area contributed by atoms with Gasteiger partial charge in [-0.25, -0.2) is 0 Å². The van der Waals surface area contributed by atoms with E-state index in [1.165, 1.54) is 13.8 Å². The molecule has 0 aliphatic carbocycles. The molecule has 0 aromatic rings. The maximum Gasteiger partial charge on any atom is 0.163 e. The second kappa shape index (κ2) is 3.83. The van der Waals surface area contributed by atoms with Gasteiger partial charge in [0.15, 0.2) is 5.78 Å². The normalized spacial score (nSPS) is 19.0. The molecule has 0 aromatic carbocycles. The molecule has 3 nitrogen and oxygen atoms in total. The summed E-state index contributed by atoms with van der Waals surface area (Å²) in [6, 6.07) is 0. The first-order valence-electron chi connectivity index (χ1n) is 3.86. The SMILES string of the molecule is CCCC(O)(C(C)=O)C(C)O. The van der Waals surface area contributed by atoms with Gasteiger partial charge in [0.2, 0.25) is 0 Å². The van der Waals surface area contributed by atoms with Gasteiger partial charge in [0.1, 0.15) is 5.60 Å². The van der Waals surface area contributed by atoms with Crippen LogP contribution in [0.5, 0.6) is 0 Å². The molecule has 0 aromatic heterocycles. The highest BCUT2D eigenvalue weighted by atomic mass is 16.3. The van der Waals surface area contributed by atoms with Gasteiger partial charge in [-0.05, 0) is 20.3 Å². The van der Waals surface area contributed by atoms with Gasteiger partial charge in [-0.1, -0.05) is 13.3 Å². The zero-order valence-corrected chi connectivity index (χ0v) is 7.29. The molecule has 0 heterocycles. The third kappa shape index (κ3) is 2.27. The molecule has 2 atom stereocenters. The van der Waals surface area contributed by atoms with E-state index in [1.54, 1.807) is 0 Å². The summed E-state index contributed by atoms with van der Waals surface area (Å²) in [4.78, 5) is 10.9. The fourth-order valence-corrected chi connectivity index (χ4v) is 1.06. The van der Waals surface area contributed by atoms with Crippen LogP contribution in [0.25, 0.3) is 0 Å². The Hall–Kier alpha value is -0.410. The molecular formula is C8H16O3. The molecule has 0 fully saturated rings. The lowest BCUT2D eigenvalue weighted by atomic mass is 9.89. The van der Waals surface area contributed by atoms with Crippen LogP contribution in [0.1, 0.15) is 33.6 Å². The average molecular weight is 160 g/mol. The number of rotatable bonds is 4. The highest BCUT2D eigenvalue weighted by Crippen LogP contribution is 2.18. The third-order valence-electron chi connectivity index (χ3n) is 1.93. The summed E-state index contributed by atoms with van der Waals surface area (Å²) in [6.45, 7) is 4.58. The molecule has 0 aliphatic rings. The molecular weight excluding hydrogens is 144 g/mol. The van der Waals surface area contributed by atoms with Crippen LogP contribution in [0.2, 0.25) is 0 Å². The Labute approximate surface area is 67.0 Å². The van der Waals surface area contributed by atoms with Crippen LogP contribution in [0.4, 0.5) is 0 Å². The van der Waals surface area contributed by atoms with E-state index in [2.05, 4.69) is 0 Å². The summed E-state index contributed by atoms with van der Waals surface area (Å²) in [5.41, 5.74) is -1.53. The fourth-order valence-electron chi connectivity index (χ4n) is 1.06. The van der Waals surface area contributed by atoms with Crippen LogP contribution >= 0.6 is 0 Å². The lowest BCUT2D eigenvalue weighted by Gasteiger charge is -2.27. The quantitative estimate of drug-likeness (QED) is 0.629. The van der Waals surface area contributed by atoms with Crippen molar-refractivity contribution in [3.8, 4) is 0 Å². The Kier molecular flexibility index (Phi) is 3.69. The molecule has 2 N–H and O–H groups in total. The number of carbonyl (C=O) groups is 1.